The highest BCUT2D eigenvalue weighted by Gasteiger charge is 2.68. The van der Waals surface area contributed by atoms with Crippen molar-refractivity contribution in [1.82, 2.24) is 0 Å². The van der Waals surface area contributed by atoms with E-state index in [1.54, 1.807) is 0 Å². The molecule has 3 fully saturated rings. The van der Waals surface area contributed by atoms with Gasteiger partial charge in [-0.05, 0) is 0 Å². The molecule has 11 heteroatoms. The molecule has 3 aliphatic heterocycles. The largest absolute Gasteiger partial charge is 0.501 e. The highest BCUT2D eigenvalue weighted by Crippen LogP contribution is 2.94. The summed E-state index contributed by atoms with van der Waals surface area (Å²) < 4.78 is 47.5. The second kappa shape index (κ2) is 1.87. The van der Waals surface area contributed by atoms with Crippen molar-refractivity contribution < 1.29 is 35.8 Å². The van der Waals surface area contributed by atoms with E-state index < -0.39 is 23.5 Å². The van der Waals surface area contributed by atoms with E-state index in [9.17, 15) is 13.7 Å². The normalized spacial score (nSPS) is 61.9. The minimum Gasteiger partial charge on any atom is -0.302 e. The summed E-state index contributed by atoms with van der Waals surface area (Å²) in [5.41, 5.74) is 0. The summed E-state index contributed by atoms with van der Waals surface area (Å²) in [5.74, 6) is 0. The molecule has 2 bridgehead atoms. The maximum atomic E-state index is 10.7. The first-order valence-corrected chi connectivity index (χ1v) is 6.62. The lowest BCUT2D eigenvalue weighted by Gasteiger charge is -2.36. The van der Waals surface area contributed by atoms with Gasteiger partial charge in [0.25, 0.3) is 0 Å². The summed E-state index contributed by atoms with van der Waals surface area (Å²) >= 11 is 0. The Hall–Kier alpha value is 0.490. The minimum absolute atomic E-state index is 3.82. The second-order valence-corrected chi connectivity index (χ2v) is 7.03. The fourth-order valence-electron chi connectivity index (χ4n) is 0.578. The van der Waals surface area contributed by atoms with Gasteiger partial charge in [-0.2, -0.15) is 17.2 Å². The van der Waals surface area contributed by atoms with Gasteiger partial charge in [0, 0.05) is 0 Å². The summed E-state index contributed by atoms with van der Waals surface area (Å²) in [6.07, 6.45) is 0. The lowest BCUT2D eigenvalue weighted by Crippen LogP contribution is -2.15. The van der Waals surface area contributed by atoms with Crippen LogP contribution in [0.3, 0.4) is 0 Å². The molecule has 11 heavy (non-hydrogen) atoms. The quantitative estimate of drug-likeness (QED) is 0.612. The Morgan fingerprint density at radius 3 is 1.45 bits per heavy atom. The van der Waals surface area contributed by atoms with Crippen molar-refractivity contribution in [3.63, 3.8) is 0 Å². The van der Waals surface area contributed by atoms with E-state index in [1.165, 1.54) is 0 Å². The van der Waals surface area contributed by atoms with Gasteiger partial charge in [-0.1, -0.05) is 0 Å². The van der Waals surface area contributed by atoms with Crippen molar-refractivity contribution in [1.29, 1.82) is 0 Å². The zero-order valence-corrected chi connectivity index (χ0v) is 7.33. The van der Waals surface area contributed by atoms with Crippen LogP contribution in [0.4, 0.5) is 0 Å². The number of phosphoric acid groups is 3. The molecule has 1 N–H and O–H groups in total. The second-order valence-electron chi connectivity index (χ2n) is 1.69. The summed E-state index contributed by atoms with van der Waals surface area (Å²) in [4.78, 5) is 8.51. The first-order chi connectivity index (χ1) is 4.83. The monoisotopic (exact) mass is 222 g/mol. The van der Waals surface area contributed by atoms with Gasteiger partial charge in [-0.25, -0.2) is 13.7 Å². The molecule has 0 saturated carbocycles. The average molecular weight is 222 g/mol. The fraction of sp³-hybridized carbons (Fsp3) is 0. The van der Waals surface area contributed by atoms with Crippen LogP contribution in [0.25, 0.3) is 0 Å². The minimum atomic E-state index is -4.50. The van der Waals surface area contributed by atoms with E-state index in [-0.39, 0.29) is 0 Å². The summed E-state index contributed by atoms with van der Waals surface area (Å²) in [7, 11) is -12.6. The highest BCUT2D eigenvalue weighted by molar-refractivity contribution is 7.84. The van der Waals surface area contributed by atoms with Gasteiger partial charge in [0.15, 0.2) is 0 Å². The molecule has 3 saturated heterocycles. The Morgan fingerprint density at radius 2 is 1.18 bits per heavy atom. The van der Waals surface area contributed by atoms with Crippen molar-refractivity contribution in [2.24, 2.45) is 0 Å². The molecule has 3 rings (SSSR count). The third-order valence-electron chi connectivity index (χ3n) is 0.806. The maximum Gasteiger partial charge on any atom is 0.501 e. The molecule has 8 nitrogen and oxygen atoms in total. The van der Waals surface area contributed by atoms with Gasteiger partial charge >= 0.3 is 23.5 Å². The van der Waals surface area contributed by atoms with E-state index in [0.29, 0.717) is 0 Å². The van der Waals surface area contributed by atoms with Crippen LogP contribution in [0.5, 0.6) is 0 Å². The van der Waals surface area contributed by atoms with Crippen LogP contribution >= 0.6 is 23.5 Å². The highest BCUT2D eigenvalue weighted by atomic mass is 31.4. The topological polar surface area (TPSA) is 108 Å². The van der Waals surface area contributed by atoms with Crippen LogP contribution in [0.2, 0.25) is 0 Å². The van der Waals surface area contributed by atoms with Crippen LogP contribution in [-0.2, 0) is 30.9 Å². The number of hydrogen-bond donors (Lipinski definition) is 1. The van der Waals surface area contributed by atoms with Gasteiger partial charge < -0.3 is 4.89 Å². The molecule has 3 heterocycles. The van der Waals surface area contributed by atoms with E-state index in [4.69, 9.17) is 4.89 Å². The van der Waals surface area contributed by atoms with Gasteiger partial charge in [-0.15, -0.1) is 0 Å². The molecular formula is HO8P3. The van der Waals surface area contributed by atoms with Crippen molar-refractivity contribution in [3.8, 4) is 0 Å². The summed E-state index contributed by atoms with van der Waals surface area (Å²) in [6, 6.07) is 0. The predicted octanol–water partition coefficient (Wildman–Crippen LogP) is 1.40. The average Bonchev–Trinajstić information content (AvgIpc) is 1.48. The number of fused-ring (bicyclic) bond motifs is 2. The SMILES string of the molecule is O=P1(O)OP2(=O)OP(=O)(O1)O2. The third kappa shape index (κ3) is 1.26. The molecule has 0 radical (unpaired) electrons. The summed E-state index contributed by atoms with van der Waals surface area (Å²) in [5, 5.41) is 0. The van der Waals surface area contributed by atoms with Crippen LogP contribution in [-0.4, -0.2) is 4.89 Å². The Bertz CT molecular complexity index is 284. The van der Waals surface area contributed by atoms with Crippen LogP contribution in [0, 0.1) is 0 Å². The molecule has 0 aromatic carbocycles. The van der Waals surface area contributed by atoms with Gasteiger partial charge in [-0.3, -0.25) is 0 Å². The first kappa shape index (κ1) is 8.10. The molecule has 0 aromatic heterocycles. The Kier molecular flexibility index (Phi) is 1.38. The zero-order valence-electron chi connectivity index (χ0n) is 4.65. The van der Waals surface area contributed by atoms with Crippen LogP contribution < -0.4 is 0 Å². The lowest BCUT2D eigenvalue weighted by atomic mass is 15.6. The Balaban J connectivity index is 2.40. The fourth-order valence-corrected chi connectivity index (χ4v) is 6.55. The third-order valence-corrected chi connectivity index (χ3v) is 7.26. The molecule has 0 unspecified atom stereocenters. The zero-order chi connectivity index (χ0) is 8.33. The molecule has 0 atom stereocenters. The van der Waals surface area contributed by atoms with Crippen molar-refractivity contribution >= 4 is 23.5 Å². The smallest absolute Gasteiger partial charge is 0.302 e. The van der Waals surface area contributed by atoms with E-state index in [2.05, 4.69) is 17.2 Å². The van der Waals surface area contributed by atoms with Gasteiger partial charge in [0.2, 0.25) is 0 Å². The van der Waals surface area contributed by atoms with Crippen molar-refractivity contribution in [2.75, 3.05) is 0 Å². The molecule has 3 aliphatic rings. The van der Waals surface area contributed by atoms with Gasteiger partial charge in [0.05, 0.1) is 0 Å². The molecular weight excluding hydrogens is 221 g/mol. The Morgan fingerprint density at radius 1 is 0.818 bits per heavy atom. The van der Waals surface area contributed by atoms with E-state index >= 15 is 0 Å². The summed E-state index contributed by atoms with van der Waals surface area (Å²) in [6.45, 7) is 0. The standard InChI is InChI=1S/HO8P3/c1-9(2)5-10(3)7-11(4,6-9)8-10/h(H,1,2). The molecule has 0 spiro atoms. The number of rotatable bonds is 0. The van der Waals surface area contributed by atoms with E-state index in [1.807, 2.05) is 0 Å². The molecule has 64 valence electrons. The molecule has 0 aliphatic carbocycles. The van der Waals surface area contributed by atoms with Crippen molar-refractivity contribution in [3.05, 3.63) is 0 Å². The van der Waals surface area contributed by atoms with Crippen LogP contribution in [0.1, 0.15) is 0 Å². The van der Waals surface area contributed by atoms with Crippen LogP contribution in [0.15, 0.2) is 0 Å². The Labute approximate surface area is 60.3 Å². The predicted molar refractivity (Wildman–Crippen MR) is 29.4 cm³/mol. The lowest BCUT2D eigenvalue weighted by molar-refractivity contribution is 0.112. The van der Waals surface area contributed by atoms with E-state index in [0.717, 1.165) is 0 Å². The maximum absolute atomic E-state index is 10.7. The molecule has 0 aromatic rings. The van der Waals surface area contributed by atoms with Gasteiger partial charge in [0.1, 0.15) is 0 Å². The number of hydrogen-bond acceptors (Lipinski definition) is 7. The van der Waals surface area contributed by atoms with Crippen molar-refractivity contribution in [2.45, 2.75) is 0 Å². The first-order valence-electron chi connectivity index (χ1n) is 2.21. The molecule has 0 amide bonds.